The maximum atomic E-state index is 13.5. The molecule has 1 unspecified atom stereocenters. The second-order valence-electron chi connectivity index (χ2n) is 4.21. The van der Waals surface area contributed by atoms with E-state index in [-0.39, 0.29) is 17.5 Å². The largest absolute Gasteiger partial charge is 0.398 e. The number of amides is 1. The number of nitrogen functional groups attached to an aromatic ring is 1. The van der Waals surface area contributed by atoms with Gasteiger partial charge in [0.25, 0.3) is 5.91 Å². The standard InChI is InChI=1S/C13H19FN2OS/c1-4-10(7-18-3)16-13(17)9-5-11(14)8(2)12(15)6-9/h5-6,10H,4,7,15H2,1-3H3,(H,16,17). The van der Waals surface area contributed by atoms with Crippen molar-refractivity contribution in [2.24, 2.45) is 0 Å². The van der Waals surface area contributed by atoms with Crippen LogP contribution in [0.5, 0.6) is 0 Å². The zero-order valence-electron chi connectivity index (χ0n) is 10.9. The summed E-state index contributed by atoms with van der Waals surface area (Å²) in [6.45, 7) is 3.60. The number of nitrogens with two attached hydrogens (primary N) is 1. The molecule has 0 heterocycles. The minimum atomic E-state index is -0.446. The molecule has 0 spiro atoms. The highest BCUT2D eigenvalue weighted by molar-refractivity contribution is 7.98. The van der Waals surface area contributed by atoms with Crippen LogP contribution < -0.4 is 11.1 Å². The van der Waals surface area contributed by atoms with E-state index < -0.39 is 5.82 Å². The van der Waals surface area contributed by atoms with Gasteiger partial charge in [-0.05, 0) is 31.7 Å². The van der Waals surface area contributed by atoms with Gasteiger partial charge in [-0.3, -0.25) is 4.79 Å². The van der Waals surface area contributed by atoms with E-state index in [2.05, 4.69) is 5.32 Å². The number of anilines is 1. The molecule has 1 atom stereocenters. The number of carbonyl (C=O) groups is 1. The first-order valence-corrected chi connectivity index (χ1v) is 7.24. The van der Waals surface area contributed by atoms with Gasteiger partial charge in [-0.15, -0.1) is 0 Å². The summed E-state index contributed by atoms with van der Waals surface area (Å²) < 4.78 is 13.5. The van der Waals surface area contributed by atoms with Gasteiger partial charge in [0.1, 0.15) is 5.82 Å². The summed E-state index contributed by atoms with van der Waals surface area (Å²) in [5.41, 5.74) is 6.61. The van der Waals surface area contributed by atoms with Crippen molar-refractivity contribution in [1.82, 2.24) is 5.32 Å². The topological polar surface area (TPSA) is 55.1 Å². The Morgan fingerprint density at radius 1 is 1.56 bits per heavy atom. The number of benzene rings is 1. The molecular formula is C13H19FN2OS. The molecule has 1 aromatic carbocycles. The number of carbonyl (C=O) groups excluding carboxylic acids is 1. The van der Waals surface area contributed by atoms with Gasteiger partial charge in [0, 0.05) is 28.6 Å². The molecule has 3 nitrogen and oxygen atoms in total. The van der Waals surface area contributed by atoms with Gasteiger partial charge < -0.3 is 11.1 Å². The number of hydrogen-bond acceptors (Lipinski definition) is 3. The van der Waals surface area contributed by atoms with Crippen molar-refractivity contribution >= 4 is 23.4 Å². The summed E-state index contributed by atoms with van der Waals surface area (Å²) in [5.74, 6) is 0.117. The van der Waals surface area contributed by atoms with E-state index in [0.717, 1.165) is 12.2 Å². The second-order valence-corrected chi connectivity index (χ2v) is 5.12. The minimum absolute atomic E-state index is 0.0955. The predicted octanol–water partition coefficient (Wildman–Crippen LogP) is 2.59. The first-order valence-electron chi connectivity index (χ1n) is 5.85. The van der Waals surface area contributed by atoms with E-state index in [1.165, 1.54) is 12.1 Å². The third-order valence-electron chi connectivity index (χ3n) is 2.84. The number of rotatable bonds is 5. The quantitative estimate of drug-likeness (QED) is 0.809. The molecular weight excluding hydrogens is 251 g/mol. The molecule has 100 valence electrons. The number of hydrogen-bond donors (Lipinski definition) is 2. The minimum Gasteiger partial charge on any atom is -0.398 e. The summed E-state index contributed by atoms with van der Waals surface area (Å²) in [5, 5.41) is 2.88. The Balaban J connectivity index is 2.84. The van der Waals surface area contributed by atoms with E-state index in [1.807, 2.05) is 13.2 Å². The molecule has 0 aromatic heterocycles. The lowest BCUT2D eigenvalue weighted by Gasteiger charge is -2.16. The average molecular weight is 270 g/mol. The van der Waals surface area contributed by atoms with E-state index in [4.69, 9.17) is 5.73 Å². The fourth-order valence-electron chi connectivity index (χ4n) is 1.56. The number of halogens is 1. The Morgan fingerprint density at radius 3 is 2.72 bits per heavy atom. The van der Waals surface area contributed by atoms with Gasteiger partial charge in [-0.1, -0.05) is 6.92 Å². The fraction of sp³-hybridized carbons (Fsp3) is 0.462. The molecule has 0 aliphatic rings. The maximum absolute atomic E-state index is 13.5. The van der Waals surface area contributed by atoms with Crippen LogP contribution in [0.3, 0.4) is 0 Å². The zero-order valence-corrected chi connectivity index (χ0v) is 11.7. The summed E-state index contributed by atoms with van der Waals surface area (Å²) in [4.78, 5) is 12.0. The van der Waals surface area contributed by atoms with Crippen LogP contribution in [-0.4, -0.2) is 24.0 Å². The van der Waals surface area contributed by atoms with Gasteiger partial charge in [0.15, 0.2) is 0 Å². The molecule has 1 rings (SSSR count). The van der Waals surface area contributed by atoms with Crippen molar-refractivity contribution in [1.29, 1.82) is 0 Å². The first kappa shape index (κ1) is 14.8. The smallest absolute Gasteiger partial charge is 0.251 e. The van der Waals surface area contributed by atoms with Crippen molar-refractivity contribution in [2.75, 3.05) is 17.7 Å². The zero-order chi connectivity index (χ0) is 13.7. The molecule has 0 saturated carbocycles. The van der Waals surface area contributed by atoms with Crippen LogP contribution in [0.2, 0.25) is 0 Å². The Morgan fingerprint density at radius 2 is 2.22 bits per heavy atom. The first-order chi connectivity index (χ1) is 8.49. The van der Waals surface area contributed by atoms with Gasteiger partial charge in [-0.25, -0.2) is 4.39 Å². The summed E-state index contributed by atoms with van der Waals surface area (Å²) in [7, 11) is 0. The van der Waals surface area contributed by atoms with E-state index in [1.54, 1.807) is 18.7 Å². The molecule has 0 fully saturated rings. The van der Waals surface area contributed by atoms with Crippen molar-refractivity contribution in [3.63, 3.8) is 0 Å². The van der Waals surface area contributed by atoms with Gasteiger partial charge in [0.05, 0.1) is 0 Å². The van der Waals surface area contributed by atoms with Crippen molar-refractivity contribution in [2.45, 2.75) is 26.3 Å². The fourth-order valence-corrected chi connectivity index (χ4v) is 2.28. The summed E-state index contributed by atoms with van der Waals surface area (Å²) in [6, 6.07) is 2.84. The highest BCUT2D eigenvalue weighted by Gasteiger charge is 2.14. The van der Waals surface area contributed by atoms with Crippen LogP contribution >= 0.6 is 11.8 Å². The summed E-state index contributed by atoms with van der Waals surface area (Å²) in [6.07, 6.45) is 2.83. The van der Waals surface area contributed by atoms with Crippen LogP contribution in [0, 0.1) is 12.7 Å². The SMILES string of the molecule is CCC(CSC)NC(=O)c1cc(N)c(C)c(F)c1. The Bertz CT molecular complexity index is 414. The molecule has 1 amide bonds. The van der Waals surface area contributed by atoms with E-state index in [0.29, 0.717) is 11.3 Å². The highest BCUT2D eigenvalue weighted by Crippen LogP contribution is 2.17. The summed E-state index contributed by atoms with van der Waals surface area (Å²) >= 11 is 1.67. The molecule has 0 radical (unpaired) electrons. The van der Waals surface area contributed by atoms with Crippen molar-refractivity contribution in [3.05, 3.63) is 29.1 Å². The van der Waals surface area contributed by atoms with Gasteiger partial charge in [-0.2, -0.15) is 11.8 Å². The normalized spacial score (nSPS) is 12.2. The lowest BCUT2D eigenvalue weighted by Crippen LogP contribution is -2.36. The number of thioether (sulfide) groups is 1. The Kier molecular flexibility index (Phi) is 5.47. The number of nitrogens with one attached hydrogen (secondary N) is 1. The third-order valence-corrected chi connectivity index (χ3v) is 3.58. The van der Waals surface area contributed by atoms with Crippen LogP contribution in [0.1, 0.15) is 29.3 Å². The lowest BCUT2D eigenvalue weighted by molar-refractivity contribution is 0.0939. The average Bonchev–Trinajstić information content (AvgIpc) is 2.34. The highest BCUT2D eigenvalue weighted by atomic mass is 32.2. The molecule has 3 N–H and O–H groups in total. The molecule has 0 aliphatic heterocycles. The maximum Gasteiger partial charge on any atom is 0.251 e. The van der Waals surface area contributed by atoms with Gasteiger partial charge in [0.2, 0.25) is 0 Å². The molecule has 1 aromatic rings. The lowest BCUT2D eigenvalue weighted by atomic mass is 10.1. The van der Waals surface area contributed by atoms with Gasteiger partial charge >= 0.3 is 0 Å². The van der Waals surface area contributed by atoms with E-state index >= 15 is 0 Å². The Hall–Kier alpha value is -1.23. The second kappa shape index (κ2) is 6.64. The molecule has 18 heavy (non-hydrogen) atoms. The van der Waals surface area contributed by atoms with Crippen LogP contribution in [0.25, 0.3) is 0 Å². The van der Waals surface area contributed by atoms with Crippen LogP contribution in [0.15, 0.2) is 12.1 Å². The Labute approximate surface area is 111 Å². The molecule has 5 heteroatoms. The predicted molar refractivity (Wildman–Crippen MR) is 75.5 cm³/mol. The van der Waals surface area contributed by atoms with Crippen molar-refractivity contribution < 1.29 is 9.18 Å². The van der Waals surface area contributed by atoms with E-state index in [9.17, 15) is 9.18 Å². The third kappa shape index (κ3) is 3.63. The monoisotopic (exact) mass is 270 g/mol. The molecule has 0 aliphatic carbocycles. The van der Waals surface area contributed by atoms with Crippen molar-refractivity contribution in [3.8, 4) is 0 Å². The van der Waals surface area contributed by atoms with Crippen LogP contribution in [0.4, 0.5) is 10.1 Å². The molecule has 0 bridgehead atoms. The van der Waals surface area contributed by atoms with Crippen LogP contribution in [-0.2, 0) is 0 Å². The molecule has 0 saturated heterocycles.